The van der Waals surface area contributed by atoms with Gasteiger partial charge in [0, 0.05) is 7.05 Å². The number of hydroxylamine groups is 2. The Labute approximate surface area is 57.1 Å². The summed E-state index contributed by atoms with van der Waals surface area (Å²) in [5.41, 5.74) is 0. The summed E-state index contributed by atoms with van der Waals surface area (Å²) < 4.78 is 0. The summed E-state index contributed by atoms with van der Waals surface area (Å²) in [5, 5.41) is 0.309. The van der Waals surface area contributed by atoms with Gasteiger partial charge in [0.2, 0.25) is 6.41 Å². The Hall–Kier alpha value is -0.710. The Kier molecular flexibility index (Phi) is 3.87. The number of hydrogen-bond donors (Lipinski definition) is 0. The van der Waals surface area contributed by atoms with Crippen molar-refractivity contribution in [2.45, 2.75) is 0 Å². The van der Waals surface area contributed by atoms with E-state index in [2.05, 4.69) is 4.84 Å². The number of thioether (sulfide) groups is 1. The maximum Gasteiger partial charge on any atom is 0.391 e. The smallest absolute Gasteiger partial charge is 0.328 e. The van der Waals surface area contributed by atoms with Crippen LogP contribution in [0.1, 0.15) is 0 Å². The molecule has 0 atom stereocenters. The van der Waals surface area contributed by atoms with Gasteiger partial charge in [-0.05, 0) is 18.0 Å². The Bertz CT molecular complexity index is 116. The maximum atomic E-state index is 10.3. The standard InChI is InChI=1S/C4H7NO3S/c1-5(3-6)8-4(7)9-2/h3H,1-2H3. The highest BCUT2D eigenvalue weighted by Gasteiger charge is 2.01. The van der Waals surface area contributed by atoms with Crippen LogP contribution in [-0.4, -0.2) is 30.1 Å². The van der Waals surface area contributed by atoms with E-state index in [1.807, 2.05) is 0 Å². The zero-order valence-corrected chi connectivity index (χ0v) is 5.97. The molecule has 0 unspecified atom stereocenters. The molecule has 0 saturated heterocycles. The Morgan fingerprint density at radius 3 is 2.67 bits per heavy atom. The van der Waals surface area contributed by atoms with E-state index >= 15 is 0 Å². The molecule has 4 nitrogen and oxygen atoms in total. The highest BCUT2D eigenvalue weighted by Crippen LogP contribution is 1.98. The van der Waals surface area contributed by atoms with Gasteiger partial charge in [-0.15, -0.1) is 0 Å². The van der Waals surface area contributed by atoms with Gasteiger partial charge in [0.1, 0.15) is 0 Å². The summed E-state index contributed by atoms with van der Waals surface area (Å²) in [6.45, 7) is 0. The molecule has 0 heterocycles. The predicted molar refractivity (Wildman–Crippen MR) is 33.8 cm³/mol. The number of hydrogen-bond acceptors (Lipinski definition) is 4. The van der Waals surface area contributed by atoms with Crippen LogP contribution in [-0.2, 0) is 9.63 Å². The summed E-state index contributed by atoms with van der Waals surface area (Å²) in [6, 6.07) is 0. The molecule has 0 aliphatic rings. The van der Waals surface area contributed by atoms with Gasteiger partial charge >= 0.3 is 5.30 Å². The van der Waals surface area contributed by atoms with Crippen molar-refractivity contribution < 1.29 is 14.4 Å². The lowest BCUT2D eigenvalue weighted by molar-refractivity contribution is -0.142. The number of amides is 1. The lowest BCUT2D eigenvalue weighted by Crippen LogP contribution is -2.18. The van der Waals surface area contributed by atoms with Crippen LogP contribution in [0.4, 0.5) is 4.79 Å². The minimum atomic E-state index is -0.496. The van der Waals surface area contributed by atoms with Crippen LogP contribution in [0, 0.1) is 0 Å². The lowest BCUT2D eigenvalue weighted by atomic mass is 11.2. The van der Waals surface area contributed by atoms with Gasteiger partial charge in [-0.1, -0.05) is 0 Å². The predicted octanol–water partition coefficient (Wildman–Crippen LogP) is 0.489. The second-order valence-electron chi connectivity index (χ2n) is 1.20. The van der Waals surface area contributed by atoms with Crippen LogP contribution >= 0.6 is 11.8 Å². The Balaban J connectivity index is 3.46. The van der Waals surface area contributed by atoms with E-state index in [1.54, 1.807) is 6.26 Å². The van der Waals surface area contributed by atoms with E-state index < -0.39 is 5.30 Å². The first-order valence-corrected chi connectivity index (χ1v) is 3.37. The van der Waals surface area contributed by atoms with Crippen molar-refractivity contribution in [3.63, 3.8) is 0 Å². The van der Waals surface area contributed by atoms with Crippen LogP contribution in [0.3, 0.4) is 0 Å². The lowest BCUT2D eigenvalue weighted by Gasteiger charge is -2.06. The Morgan fingerprint density at radius 1 is 1.78 bits per heavy atom. The number of nitrogens with zero attached hydrogens (tertiary/aromatic N) is 1. The van der Waals surface area contributed by atoms with Crippen LogP contribution in [0.15, 0.2) is 0 Å². The van der Waals surface area contributed by atoms with Gasteiger partial charge in [-0.2, -0.15) is 5.06 Å². The number of carbonyl (C=O) groups is 2. The molecule has 5 heteroatoms. The van der Waals surface area contributed by atoms with Crippen LogP contribution in [0.5, 0.6) is 0 Å². The fraction of sp³-hybridized carbons (Fsp3) is 0.500. The van der Waals surface area contributed by atoms with Crippen molar-refractivity contribution in [3.8, 4) is 0 Å². The third kappa shape index (κ3) is 3.84. The highest BCUT2D eigenvalue weighted by atomic mass is 32.2. The first kappa shape index (κ1) is 8.29. The highest BCUT2D eigenvalue weighted by molar-refractivity contribution is 8.12. The molecule has 52 valence electrons. The third-order valence-electron chi connectivity index (χ3n) is 0.534. The second kappa shape index (κ2) is 4.20. The largest absolute Gasteiger partial charge is 0.391 e. The molecule has 0 aliphatic heterocycles. The molecule has 0 fully saturated rings. The minimum absolute atomic E-state index is 0.411. The molecule has 0 N–H and O–H groups in total. The van der Waals surface area contributed by atoms with Gasteiger partial charge in [-0.3, -0.25) is 4.79 Å². The number of carbonyl (C=O) groups excluding carboxylic acids is 2. The molecule has 0 saturated carbocycles. The van der Waals surface area contributed by atoms with Gasteiger partial charge in [0.05, 0.1) is 0 Å². The zero-order valence-electron chi connectivity index (χ0n) is 5.16. The van der Waals surface area contributed by atoms with Gasteiger partial charge in [0.25, 0.3) is 0 Å². The summed E-state index contributed by atoms with van der Waals surface area (Å²) >= 11 is 0.907. The summed E-state index contributed by atoms with van der Waals surface area (Å²) in [5.74, 6) is 0. The fourth-order valence-corrected chi connectivity index (χ4v) is 0.368. The molecule has 0 aromatic heterocycles. The minimum Gasteiger partial charge on any atom is -0.328 e. The molecule has 0 aromatic rings. The molecule has 9 heavy (non-hydrogen) atoms. The Morgan fingerprint density at radius 2 is 2.33 bits per heavy atom. The molecule has 0 radical (unpaired) electrons. The van der Waals surface area contributed by atoms with Crippen molar-refractivity contribution in [1.29, 1.82) is 0 Å². The van der Waals surface area contributed by atoms with E-state index in [-0.39, 0.29) is 0 Å². The van der Waals surface area contributed by atoms with E-state index in [0.717, 1.165) is 16.8 Å². The van der Waals surface area contributed by atoms with Crippen molar-refractivity contribution in [1.82, 2.24) is 5.06 Å². The van der Waals surface area contributed by atoms with Crippen molar-refractivity contribution >= 4 is 23.5 Å². The van der Waals surface area contributed by atoms with Crippen LogP contribution < -0.4 is 0 Å². The summed E-state index contributed by atoms with van der Waals surface area (Å²) in [7, 11) is 1.35. The fourth-order valence-electron chi connectivity index (χ4n) is 0.176. The van der Waals surface area contributed by atoms with E-state index in [4.69, 9.17) is 0 Å². The van der Waals surface area contributed by atoms with E-state index in [1.165, 1.54) is 7.05 Å². The molecule has 1 amide bonds. The molecular formula is C4H7NO3S. The second-order valence-corrected chi connectivity index (χ2v) is 1.94. The average Bonchev–Trinajstić information content (AvgIpc) is 1.87. The molecule has 0 rings (SSSR count). The quantitative estimate of drug-likeness (QED) is 0.423. The van der Waals surface area contributed by atoms with Crippen molar-refractivity contribution in [3.05, 3.63) is 0 Å². The van der Waals surface area contributed by atoms with Crippen LogP contribution in [0.25, 0.3) is 0 Å². The van der Waals surface area contributed by atoms with Crippen LogP contribution in [0.2, 0.25) is 0 Å². The molecule has 0 spiro atoms. The SMILES string of the molecule is CSC(=O)ON(C)C=O. The average molecular weight is 149 g/mol. The van der Waals surface area contributed by atoms with E-state index in [9.17, 15) is 9.59 Å². The molecule has 0 aliphatic carbocycles. The van der Waals surface area contributed by atoms with Crippen molar-refractivity contribution in [2.24, 2.45) is 0 Å². The molecule has 0 aromatic carbocycles. The molecule has 0 bridgehead atoms. The van der Waals surface area contributed by atoms with Gasteiger partial charge in [-0.25, -0.2) is 4.79 Å². The number of rotatable bonds is 2. The first-order chi connectivity index (χ1) is 4.20. The topological polar surface area (TPSA) is 46.6 Å². The zero-order chi connectivity index (χ0) is 7.28. The normalized spacial score (nSPS) is 8.22. The van der Waals surface area contributed by atoms with Gasteiger partial charge in [0.15, 0.2) is 0 Å². The molecular weight excluding hydrogens is 142 g/mol. The first-order valence-electron chi connectivity index (χ1n) is 2.14. The van der Waals surface area contributed by atoms with Crippen molar-refractivity contribution in [2.75, 3.05) is 13.3 Å². The monoisotopic (exact) mass is 149 g/mol. The summed E-state index contributed by atoms with van der Waals surface area (Å²) in [4.78, 5) is 24.5. The summed E-state index contributed by atoms with van der Waals surface area (Å²) in [6.07, 6.45) is 1.98. The third-order valence-corrected chi connectivity index (χ3v) is 0.942. The van der Waals surface area contributed by atoms with Gasteiger partial charge < -0.3 is 4.84 Å². The maximum absolute atomic E-state index is 10.3. The van der Waals surface area contributed by atoms with E-state index in [0.29, 0.717) is 6.41 Å².